The number of benzene rings is 1. The van der Waals surface area contributed by atoms with Gasteiger partial charge in [-0.2, -0.15) is 0 Å². The Morgan fingerprint density at radius 3 is 2.62 bits per heavy atom. The molecule has 2 rings (SSSR count). The number of carbonyl (C=O) groups excluding carboxylic acids is 1. The molecule has 0 fully saturated rings. The fourth-order valence-electron chi connectivity index (χ4n) is 1.92. The van der Waals surface area contributed by atoms with Crippen LogP contribution in [0.3, 0.4) is 0 Å². The van der Waals surface area contributed by atoms with Crippen molar-refractivity contribution >= 4 is 12.0 Å². The fraction of sp³-hybridized carbons (Fsp3) is 0.353. The Hall–Kier alpha value is -2.54. The number of amides is 1. The molecule has 2 aromatic rings. The van der Waals surface area contributed by atoms with Gasteiger partial charge in [-0.15, -0.1) is 10.2 Å². The maximum Gasteiger partial charge on any atom is 0.244 e. The minimum absolute atomic E-state index is 0.0249. The van der Waals surface area contributed by atoms with E-state index >= 15 is 0 Å². The maximum absolute atomic E-state index is 12.9. The van der Waals surface area contributed by atoms with Crippen molar-refractivity contribution in [2.75, 3.05) is 6.54 Å². The Kier molecular flexibility index (Phi) is 5.46. The van der Waals surface area contributed by atoms with Crippen LogP contribution in [0.4, 0.5) is 4.39 Å². The predicted molar refractivity (Wildman–Crippen MR) is 86.4 cm³/mol. The van der Waals surface area contributed by atoms with Gasteiger partial charge in [0.25, 0.3) is 0 Å². The third kappa shape index (κ3) is 4.73. The summed E-state index contributed by atoms with van der Waals surface area (Å²) in [4.78, 5) is 11.8. The average molecular weight is 333 g/mol. The van der Waals surface area contributed by atoms with Crippen molar-refractivity contribution in [1.82, 2.24) is 15.5 Å². The third-order valence-corrected chi connectivity index (χ3v) is 3.40. The van der Waals surface area contributed by atoms with Crippen molar-refractivity contribution in [1.29, 1.82) is 0 Å². The number of rotatable bonds is 6. The summed E-state index contributed by atoms with van der Waals surface area (Å²) < 4.78 is 18.3. The summed E-state index contributed by atoms with van der Waals surface area (Å²) in [6.07, 6.45) is 2.65. The smallest absolute Gasteiger partial charge is 0.244 e. The molecule has 0 saturated carbocycles. The lowest BCUT2D eigenvalue weighted by atomic mass is 9.96. The highest BCUT2D eigenvalue weighted by Gasteiger charge is 2.23. The van der Waals surface area contributed by atoms with Crippen molar-refractivity contribution in [2.45, 2.75) is 32.3 Å². The molecule has 0 aliphatic rings. The fourth-order valence-corrected chi connectivity index (χ4v) is 1.92. The van der Waals surface area contributed by atoms with Gasteiger partial charge in [0.1, 0.15) is 11.4 Å². The number of nitrogens with one attached hydrogen (secondary N) is 1. The summed E-state index contributed by atoms with van der Waals surface area (Å²) in [6.45, 7) is 5.36. The van der Waals surface area contributed by atoms with E-state index < -0.39 is 11.5 Å². The van der Waals surface area contributed by atoms with Crippen LogP contribution in [0.1, 0.15) is 44.0 Å². The highest BCUT2D eigenvalue weighted by Crippen LogP contribution is 2.19. The van der Waals surface area contributed by atoms with Crippen LogP contribution < -0.4 is 5.32 Å². The van der Waals surface area contributed by atoms with Crippen LogP contribution in [0.25, 0.3) is 6.08 Å². The third-order valence-electron chi connectivity index (χ3n) is 3.40. The lowest BCUT2D eigenvalue weighted by Gasteiger charge is -2.23. The van der Waals surface area contributed by atoms with Crippen molar-refractivity contribution in [3.8, 4) is 0 Å². The van der Waals surface area contributed by atoms with Crippen LogP contribution in [0.15, 0.2) is 34.8 Å². The minimum atomic E-state index is -1.31. The molecule has 1 heterocycles. The quantitative estimate of drug-likeness (QED) is 0.792. The lowest BCUT2D eigenvalue weighted by Crippen LogP contribution is -2.37. The number of aromatic nitrogens is 2. The van der Waals surface area contributed by atoms with Crippen molar-refractivity contribution in [3.63, 3.8) is 0 Å². The molecular weight excluding hydrogens is 313 g/mol. The standard InChI is InChI=1S/C17H20FN3O3/c1-11(2)16-21-20-15(24-16)9-8-14(22)19-10-17(3,23)12-4-6-13(18)7-5-12/h4-9,11,23H,10H2,1-3H3,(H,19,22)/b9-8+. The molecule has 0 bridgehead atoms. The topological polar surface area (TPSA) is 88.2 Å². The molecule has 24 heavy (non-hydrogen) atoms. The van der Waals surface area contributed by atoms with E-state index in [9.17, 15) is 14.3 Å². The molecule has 2 N–H and O–H groups in total. The zero-order chi connectivity index (χ0) is 17.7. The number of nitrogens with zero attached hydrogens (tertiary/aromatic N) is 2. The Morgan fingerprint density at radius 1 is 1.38 bits per heavy atom. The van der Waals surface area contributed by atoms with Gasteiger partial charge in [0.2, 0.25) is 17.7 Å². The predicted octanol–water partition coefficient (Wildman–Crippen LogP) is 2.37. The normalized spacial score (nSPS) is 14.1. The Balaban J connectivity index is 1.91. The molecule has 1 amide bonds. The van der Waals surface area contributed by atoms with Gasteiger partial charge >= 0.3 is 0 Å². The van der Waals surface area contributed by atoms with E-state index in [1.165, 1.54) is 43.3 Å². The first-order valence-corrected chi connectivity index (χ1v) is 7.55. The minimum Gasteiger partial charge on any atom is -0.421 e. The van der Waals surface area contributed by atoms with Gasteiger partial charge in [-0.05, 0) is 24.6 Å². The van der Waals surface area contributed by atoms with Gasteiger partial charge in [-0.3, -0.25) is 4.79 Å². The van der Waals surface area contributed by atoms with Gasteiger partial charge < -0.3 is 14.8 Å². The average Bonchev–Trinajstić information content (AvgIpc) is 3.01. The van der Waals surface area contributed by atoms with Gasteiger partial charge in [0, 0.05) is 18.1 Å². The van der Waals surface area contributed by atoms with Crippen molar-refractivity contribution in [3.05, 3.63) is 53.5 Å². The molecule has 0 aliphatic heterocycles. The molecule has 0 aliphatic carbocycles. The molecular formula is C17H20FN3O3. The molecule has 6 nitrogen and oxygen atoms in total. The Bertz CT molecular complexity index is 721. The summed E-state index contributed by atoms with van der Waals surface area (Å²) in [5.74, 6) is 0.0382. The first-order chi connectivity index (χ1) is 11.3. The molecule has 0 radical (unpaired) electrons. The number of carbonyl (C=O) groups is 1. The van der Waals surface area contributed by atoms with Crippen molar-refractivity contribution in [2.24, 2.45) is 0 Å². The largest absolute Gasteiger partial charge is 0.421 e. The van der Waals surface area contributed by atoms with E-state index in [-0.39, 0.29) is 24.2 Å². The zero-order valence-electron chi connectivity index (χ0n) is 13.8. The second-order valence-electron chi connectivity index (χ2n) is 5.97. The summed E-state index contributed by atoms with van der Waals surface area (Å²) in [6, 6.07) is 5.47. The first-order valence-electron chi connectivity index (χ1n) is 7.55. The Labute approximate surface area is 139 Å². The molecule has 1 unspecified atom stereocenters. The van der Waals surface area contributed by atoms with Crippen LogP contribution in [-0.2, 0) is 10.4 Å². The van der Waals surface area contributed by atoms with Gasteiger partial charge in [0.15, 0.2) is 0 Å². The molecule has 1 aromatic carbocycles. The van der Waals surface area contributed by atoms with E-state index in [0.717, 1.165) is 0 Å². The summed E-state index contributed by atoms with van der Waals surface area (Å²) in [5.41, 5.74) is -0.807. The van der Waals surface area contributed by atoms with Crippen LogP contribution in [-0.4, -0.2) is 27.8 Å². The second-order valence-corrected chi connectivity index (χ2v) is 5.97. The van der Waals surface area contributed by atoms with Crippen LogP contribution >= 0.6 is 0 Å². The highest BCUT2D eigenvalue weighted by atomic mass is 19.1. The second kappa shape index (κ2) is 7.35. The number of hydrogen-bond donors (Lipinski definition) is 2. The Morgan fingerprint density at radius 2 is 2.04 bits per heavy atom. The number of halogens is 1. The SMILES string of the molecule is CC(C)c1nnc(/C=C/C(=O)NCC(C)(O)c2ccc(F)cc2)o1. The zero-order valence-corrected chi connectivity index (χ0v) is 13.8. The van der Waals surface area contributed by atoms with Crippen molar-refractivity contribution < 1.29 is 18.7 Å². The highest BCUT2D eigenvalue weighted by molar-refractivity contribution is 5.91. The van der Waals surface area contributed by atoms with E-state index in [0.29, 0.717) is 11.5 Å². The van der Waals surface area contributed by atoms with Gasteiger partial charge in [-0.25, -0.2) is 4.39 Å². The van der Waals surface area contributed by atoms with Gasteiger partial charge in [0.05, 0.1) is 6.54 Å². The van der Waals surface area contributed by atoms with Crippen LogP contribution in [0, 0.1) is 5.82 Å². The van der Waals surface area contributed by atoms with E-state index in [4.69, 9.17) is 4.42 Å². The monoisotopic (exact) mass is 333 g/mol. The molecule has 0 spiro atoms. The number of hydrogen-bond acceptors (Lipinski definition) is 5. The van der Waals surface area contributed by atoms with E-state index in [2.05, 4.69) is 15.5 Å². The van der Waals surface area contributed by atoms with E-state index in [1.54, 1.807) is 0 Å². The van der Waals surface area contributed by atoms with E-state index in [1.807, 2.05) is 13.8 Å². The molecule has 0 saturated heterocycles. The lowest BCUT2D eigenvalue weighted by molar-refractivity contribution is -0.117. The molecule has 128 valence electrons. The van der Waals surface area contributed by atoms with Crippen LogP contribution in [0.5, 0.6) is 0 Å². The molecule has 1 aromatic heterocycles. The number of aliphatic hydroxyl groups is 1. The van der Waals surface area contributed by atoms with Crippen LogP contribution in [0.2, 0.25) is 0 Å². The molecule has 1 atom stereocenters. The maximum atomic E-state index is 12.9. The summed E-state index contributed by atoms with van der Waals surface area (Å²) in [7, 11) is 0. The van der Waals surface area contributed by atoms with Gasteiger partial charge in [-0.1, -0.05) is 26.0 Å². The molecule has 7 heteroatoms. The summed E-state index contributed by atoms with van der Waals surface area (Å²) >= 11 is 0. The first kappa shape index (κ1) is 17.8. The summed E-state index contributed by atoms with van der Waals surface area (Å²) in [5, 5.41) is 20.6.